The first-order chi connectivity index (χ1) is 11.2. The molecule has 1 aromatic rings. The summed E-state index contributed by atoms with van der Waals surface area (Å²) in [6.45, 7) is 4.02. The fourth-order valence-corrected chi connectivity index (χ4v) is 3.51. The van der Waals surface area contributed by atoms with Crippen LogP contribution in [0.25, 0.3) is 0 Å². The van der Waals surface area contributed by atoms with Crippen molar-refractivity contribution < 1.29 is 9.59 Å². The van der Waals surface area contributed by atoms with Gasteiger partial charge in [-0.2, -0.15) is 0 Å². The van der Waals surface area contributed by atoms with Crippen LogP contribution in [0.4, 0.5) is 0 Å². The number of nitrogens with zero attached hydrogens (tertiary/aromatic N) is 2. The van der Waals surface area contributed by atoms with Crippen LogP contribution in [0.3, 0.4) is 0 Å². The van der Waals surface area contributed by atoms with Crippen LogP contribution < -0.4 is 5.32 Å². The van der Waals surface area contributed by atoms with Gasteiger partial charge in [0.05, 0.1) is 6.54 Å². The minimum Gasteiger partial charge on any atom is -0.343 e. The molecule has 5 nitrogen and oxygen atoms in total. The van der Waals surface area contributed by atoms with E-state index in [1.54, 1.807) is 12.1 Å². The molecule has 2 saturated heterocycles. The predicted molar refractivity (Wildman–Crippen MR) is 89.2 cm³/mol. The molecule has 1 unspecified atom stereocenters. The van der Waals surface area contributed by atoms with Crippen molar-refractivity contribution in [3.63, 3.8) is 0 Å². The average molecular weight is 315 g/mol. The molecule has 2 fully saturated rings. The Balaban J connectivity index is 1.45. The second kappa shape index (κ2) is 7.59. The van der Waals surface area contributed by atoms with Crippen LogP contribution in [0, 0.1) is 0 Å². The van der Waals surface area contributed by atoms with Gasteiger partial charge in [0, 0.05) is 24.7 Å². The third-order valence-corrected chi connectivity index (χ3v) is 4.86. The van der Waals surface area contributed by atoms with Gasteiger partial charge < -0.3 is 10.2 Å². The zero-order chi connectivity index (χ0) is 16.1. The number of benzene rings is 1. The highest BCUT2D eigenvalue weighted by molar-refractivity contribution is 5.96. The van der Waals surface area contributed by atoms with Crippen molar-refractivity contribution >= 4 is 11.8 Å². The van der Waals surface area contributed by atoms with Gasteiger partial charge in [0.2, 0.25) is 5.91 Å². The zero-order valence-corrected chi connectivity index (χ0v) is 13.5. The Kier molecular flexibility index (Phi) is 5.28. The first kappa shape index (κ1) is 16.0. The fraction of sp³-hybridized carbons (Fsp3) is 0.556. The van der Waals surface area contributed by atoms with Crippen molar-refractivity contribution in [2.24, 2.45) is 0 Å². The molecule has 3 rings (SSSR count). The average Bonchev–Trinajstić information content (AvgIpc) is 3.11. The summed E-state index contributed by atoms with van der Waals surface area (Å²) in [4.78, 5) is 28.7. The molecular formula is C18H25N3O2. The fourth-order valence-electron chi connectivity index (χ4n) is 3.51. The lowest BCUT2D eigenvalue weighted by Gasteiger charge is -2.32. The maximum absolute atomic E-state index is 12.3. The minimum atomic E-state index is -0.189. The van der Waals surface area contributed by atoms with E-state index in [-0.39, 0.29) is 18.4 Å². The highest BCUT2D eigenvalue weighted by Gasteiger charge is 2.30. The van der Waals surface area contributed by atoms with E-state index in [4.69, 9.17) is 0 Å². The van der Waals surface area contributed by atoms with E-state index in [9.17, 15) is 9.59 Å². The monoisotopic (exact) mass is 315 g/mol. The summed E-state index contributed by atoms with van der Waals surface area (Å²) >= 11 is 0. The Bertz CT molecular complexity index is 540. The first-order valence-electron chi connectivity index (χ1n) is 8.59. The number of amides is 2. The van der Waals surface area contributed by atoms with Gasteiger partial charge in [-0.05, 0) is 44.5 Å². The highest BCUT2D eigenvalue weighted by Crippen LogP contribution is 2.20. The predicted octanol–water partition coefficient (Wildman–Crippen LogP) is 1.50. The number of nitrogens with one attached hydrogen (secondary N) is 1. The van der Waals surface area contributed by atoms with Crippen molar-refractivity contribution in [3.05, 3.63) is 35.9 Å². The molecule has 2 amide bonds. The van der Waals surface area contributed by atoms with Crippen LogP contribution in [-0.2, 0) is 4.79 Å². The van der Waals surface area contributed by atoms with E-state index in [0.29, 0.717) is 11.6 Å². The number of carbonyl (C=O) groups excluding carboxylic acids is 2. The van der Waals surface area contributed by atoms with Gasteiger partial charge in [-0.3, -0.25) is 14.5 Å². The van der Waals surface area contributed by atoms with E-state index < -0.39 is 0 Å². The van der Waals surface area contributed by atoms with Gasteiger partial charge in [-0.25, -0.2) is 0 Å². The summed E-state index contributed by atoms with van der Waals surface area (Å²) in [7, 11) is 0. The number of rotatable bonds is 4. The quantitative estimate of drug-likeness (QED) is 0.916. The summed E-state index contributed by atoms with van der Waals surface area (Å²) < 4.78 is 0. The Morgan fingerprint density at radius 1 is 1.04 bits per heavy atom. The Labute approximate surface area is 137 Å². The number of hydrogen-bond acceptors (Lipinski definition) is 3. The molecule has 0 aliphatic carbocycles. The number of piperidine rings is 1. The van der Waals surface area contributed by atoms with Gasteiger partial charge in [-0.15, -0.1) is 0 Å². The number of carbonyl (C=O) groups is 2. The van der Waals surface area contributed by atoms with Gasteiger partial charge in [0.15, 0.2) is 0 Å². The van der Waals surface area contributed by atoms with Crippen molar-refractivity contribution in [2.45, 2.75) is 31.7 Å². The summed E-state index contributed by atoms with van der Waals surface area (Å²) in [5.41, 5.74) is 0.591. The summed E-state index contributed by atoms with van der Waals surface area (Å²) in [6, 6.07) is 9.52. The molecule has 0 radical (unpaired) electrons. The lowest BCUT2D eigenvalue weighted by molar-refractivity contribution is -0.129. The normalized spacial score (nSPS) is 22.1. The van der Waals surface area contributed by atoms with Crippen LogP contribution in [0.15, 0.2) is 30.3 Å². The lowest BCUT2D eigenvalue weighted by Crippen LogP contribution is -2.43. The Hall–Kier alpha value is -1.88. The summed E-state index contributed by atoms with van der Waals surface area (Å²) in [5.74, 6) is -0.167. The molecule has 124 valence electrons. The Morgan fingerprint density at radius 3 is 2.52 bits per heavy atom. The SMILES string of the molecule is O=C(NCC(=O)N1CCC(N2CCCCC2)C1)c1ccccc1. The summed E-state index contributed by atoms with van der Waals surface area (Å²) in [5, 5.41) is 2.73. The van der Waals surface area contributed by atoms with Gasteiger partial charge >= 0.3 is 0 Å². The number of hydrogen-bond donors (Lipinski definition) is 1. The second-order valence-electron chi connectivity index (χ2n) is 6.43. The van der Waals surface area contributed by atoms with E-state index >= 15 is 0 Å². The molecule has 0 aromatic heterocycles. The highest BCUT2D eigenvalue weighted by atomic mass is 16.2. The molecule has 0 spiro atoms. The van der Waals surface area contributed by atoms with Crippen LogP contribution in [0.2, 0.25) is 0 Å². The van der Waals surface area contributed by atoms with Crippen molar-refractivity contribution in [3.8, 4) is 0 Å². The van der Waals surface area contributed by atoms with Gasteiger partial charge in [0.1, 0.15) is 0 Å². The van der Waals surface area contributed by atoms with Gasteiger partial charge in [0.25, 0.3) is 5.91 Å². The van der Waals surface area contributed by atoms with E-state index in [1.165, 1.54) is 19.3 Å². The molecule has 2 heterocycles. The second-order valence-corrected chi connectivity index (χ2v) is 6.43. The molecule has 5 heteroatoms. The largest absolute Gasteiger partial charge is 0.343 e. The van der Waals surface area contributed by atoms with Crippen LogP contribution >= 0.6 is 0 Å². The van der Waals surface area contributed by atoms with E-state index in [0.717, 1.165) is 32.6 Å². The van der Waals surface area contributed by atoms with E-state index in [2.05, 4.69) is 10.2 Å². The van der Waals surface area contributed by atoms with E-state index in [1.807, 2.05) is 23.1 Å². The first-order valence-corrected chi connectivity index (χ1v) is 8.59. The molecule has 0 bridgehead atoms. The maximum Gasteiger partial charge on any atom is 0.251 e. The van der Waals surface area contributed by atoms with Crippen molar-refractivity contribution in [2.75, 3.05) is 32.7 Å². The third kappa shape index (κ3) is 4.10. The molecule has 23 heavy (non-hydrogen) atoms. The topological polar surface area (TPSA) is 52.7 Å². The molecule has 0 saturated carbocycles. The third-order valence-electron chi connectivity index (χ3n) is 4.86. The standard InChI is InChI=1S/C18H25N3O2/c22-17(13-19-18(23)15-7-3-1-4-8-15)21-12-9-16(14-21)20-10-5-2-6-11-20/h1,3-4,7-8,16H,2,5-6,9-14H2,(H,19,23). The molecular weight excluding hydrogens is 290 g/mol. The zero-order valence-electron chi connectivity index (χ0n) is 13.5. The number of likely N-dealkylation sites (tertiary alicyclic amines) is 2. The minimum absolute atomic E-state index is 0.0220. The van der Waals surface area contributed by atoms with Crippen LogP contribution in [0.1, 0.15) is 36.0 Å². The van der Waals surface area contributed by atoms with Crippen LogP contribution in [-0.4, -0.2) is 60.4 Å². The van der Waals surface area contributed by atoms with Crippen LogP contribution in [0.5, 0.6) is 0 Å². The lowest BCUT2D eigenvalue weighted by atomic mass is 10.1. The molecule has 1 N–H and O–H groups in total. The molecule has 1 atom stereocenters. The van der Waals surface area contributed by atoms with Crippen molar-refractivity contribution in [1.82, 2.24) is 15.1 Å². The molecule has 1 aromatic carbocycles. The van der Waals surface area contributed by atoms with Gasteiger partial charge in [-0.1, -0.05) is 24.6 Å². The molecule has 2 aliphatic rings. The Morgan fingerprint density at radius 2 is 1.78 bits per heavy atom. The maximum atomic E-state index is 12.3. The van der Waals surface area contributed by atoms with Crippen molar-refractivity contribution in [1.29, 1.82) is 0 Å². The summed E-state index contributed by atoms with van der Waals surface area (Å²) in [6.07, 6.45) is 4.94. The molecule has 2 aliphatic heterocycles. The smallest absolute Gasteiger partial charge is 0.251 e.